The second-order valence-electron chi connectivity index (χ2n) is 8.60. The number of ketones is 1. The molecule has 3 atom stereocenters. The first kappa shape index (κ1) is 24.4. The molecule has 3 rings (SSSR count). The Bertz CT molecular complexity index is 1010. The smallest absolute Gasteiger partial charge is 0.322 e. The van der Waals surface area contributed by atoms with Crippen molar-refractivity contribution in [2.24, 2.45) is 5.41 Å². The lowest BCUT2D eigenvalue weighted by molar-refractivity contribution is -0.176. The number of rotatable bonds is 8. The zero-order valence-corrected chi connectivity index (χ0v) is 19.4. The van der Waals surface area contributed by atoms with Crippen LogP contribution in [-0.2, 0) is 36.7 Å². The van der Waals surface area contributed by atoms with Gasteiger partial charge < -0.3 is 14.8 Å². The average Bonchev–Trinajstić information content (AvgIpc) is 2.82. The van der Waals surface area contributed by atoms with Gasteiger partial charge in [-0.25, -0.2) is 0 Å². The molecule has 0 aromatic heterocycles. The van der Waals surface area contributed by atoms with Gasteiger partial charge in [0, 0.05) is 18.2 Å². The Morgan fingerprint density at radius 1 is 1.03 bits per heavy atom. The molecule has 0 bridgehead atoms. The minimum atomic E-state index is -1.44. The van der Waals surface area contributed by atoms with Gasteiger partial charge in [0.2, 0.25) is 5.91 Å². The number of esters is 1. The first-order valence-electron chi connectivity index (χ1n) is 11.1. The molecule has 0 spiro atoms. The van der Waals surface area contributed by atoms with Gasteiger partial charge >= 0.3 is 5.97 Å². The number of nitrogens with one attached hydrogen (secondary N) is 1. The quantitative estimate of drug-likeness (QED) is 0.370. The van der Waals surface area contributed by atoms with Crippen LogP contribution in [0.15, 0.2) is 66.7 Å². The Morgan fingerprint density at radius 2 is 1.64 bits per heavy atom. The van der Waals surface area contributed by atoms with Crippen molar-refractivity contribution in [3.05, 3.63) is 77.9 Å². The molecule has 1 saturated heterocycles. The van der Waals surface area contributed by atoms with Crippen LogP contribution in [0.4, 0.5) is 5.69 Å². The van der Waals surface area contributed by atoms with Crippen LogP contribution in [0.25, 0.3) is 0 Å². The van der Waals surface area contributed by atoms with Crippen molar-refractivity contribution in [2.45, 2.75) is 51.7 Å². The number of carbonyl (C=O) groups is 3. The number of ether oxygens (including phenoxy) is 2. The van der Waals surface area contributed by atoms with E-state index in [1.807, 2.05) is 54.6 Å². The molecule has 0 unspecified atom stereocenters. The first-order chi connectivity index (χ1) is 15.8. The zero-order chi connectivity index (χ0) is 24.0. The van der Waals surface area contributed by atoms with Crippen molar-refractivity contribution in [3.63, 3.8) is 0 Å². The van der Waals surface area contributed by atoms with E-state index in [2.05, 4.69) is 11.9 Å². The van der Waals surface area contributed by atoms with E-state index in [4.69, 9.17) is 9.47 Å². The SMILES string of the molecule is C=C1C(=O)[C@](C)(C(=O)OC)[C@H](CCc2ccc(NC(C)=O)cc2)O[C@@H]1CCc1ccccc1. The first-order valence-corrected chi connectivity index (χ1v) is 11.1. The standard InChI is InChI=1S/C27H31NO5/c1-18-23(16-12-20-8-6-5-7-9-20)33-24(27(3,25(18)30)26(31)32-4)17-13-21-10-14-22(15-11-21)28-19(2)29/h5-11,14-15,23-24H,1,12-13,16-17H2,2-4H3,(H,28,29)/t23-,24+,27-/m1/s1. The third kappa shape index (κ3) is 5.57. The topological polar surface area (TPSA) is 81.7 Å². The fourth-order valence-corrected chi connectivity index (χ4v) is 4.28. The summed E-state index contributed by atoms with van der Waals surface area (Å²) < 4.78 is 11.3. The van der Waals surface area contributed by atoms with Crippen molar-refractivity contribution < 1.29 is 23.9 Å². The number of hydrogen-bond donors (Lipinski definition) is 1. The lowest BCUT2D eigenvalue weighted by Crippen LogP contribution is -2.55. The van der Waals surface area contributed by atoms with Crippen molar-refractivity contribution >= 4 is 23.3 Å². The molecule has 174 valence electrons. The third-order valence-corrected chi connectivity index (χ3v) is 6.24. The maximum absolute atomic E-state index is 13.3. The summed E-state index contributed by atoms with van der Waals surface area (Å²) in [6.07, 6.45) is 1.31. The molecule has 2 aromatic carbocycles. The van der Waals surface area contributed by atoms with Crippen LogP contribution in [0.1, 0.15) is 37.8 Å². The molecule has 1 N–H and O–H groups in total. The second-order valence-corrected chi connectivity index (χ2v) is 8.60. The molecular weight excluding hydrogens is 418 g/mol. The summed E-state index contributed by atoms with van der Waals surface area (Å²) in [6, 6.07) is 17.5. The lowest BCUT2D eigenvalue weighted by atomic mass is 9.71. The van der Waals surface area contributed by atoms with Crippen LogP contribution in [-0.4, -0.2) is 37.0 Å². The van der Waals surface area contributed by atoms with E-state index in [1.54, 1.807) is 6.92 Å². The fraction of sp³-hybridized carbons (Fsp3) is 0.370. The summed E-state index contributed by atoms with van der Waals surface area (Å²) in [6.45, 7) is 7.02. The molecule has 33 heavy (non-hydrogen) atoms. The molecule has 1 aliphatic rings. The van der Waals surface area contributed by atoms with E-state index in [0.717, 1.165) is 17.5 Å². The Kier molecular flexibility index (Phi) is 7.82. The molecule has 0 aliphatic carbocycles. The highest BCUT2D eigenvalue weighted by molar-refractivity contribution is 6.13. The average molecular weight is 450 g/mol. The van der Waals surface area contributed by atoms with Crippen molar-refractivity contribution in [3.8, 4) is 0 Å². The molecule has 1 fully saturated rings. The highest BCUT2D eigenvalue weighted by Gasteiger charge is 2.55. The molecule has 6 heteroatoms. The largest absolute Gasteiger partial charge is 0.468 e. The van der Waals surface area contributed by atoms with Gasteiger partial charge in [0.15, 0.2) is 11.2 Å². The number of methoxy groups -OCH3 is 1. The summed E-state index contributed by atoms with van der Waals surface area (Å²) >= 11 is 0. The predicted molar refractivity (Wildman–Crippen MR) is 127 cm³/mol. The Labute approximate surface area is 195 Å². The predicted octanol–water partition coefficient (Wildman–Crippen LogP) is 4.28. The second kappa shape index (κ2) is 10.6. The number of aryl methyl sites for hydroxylation is 2. The summed E-state index contributed by atoms with van der Waals surface area (Å²) in [5.74, 6) is -1.06. The molecule has 0 saturated carbocycles. The molecular formula is C27H31NO5. The van der Waals surface area contributed by atoms with E-state index >= 15 is 0 Å². The fourth-order valence-electron chi connectivity index (χ4n) is 4.28. The van der Waals surface area contributed by atoms with Crippen LogP contribution < -0.4 is 5.32 Å². The van der Waals surface area contributed by atoms with Crippen LogP contribution in [0.2, 0.25) is 0 Å². The number of benzene rings is 2. The van der Waals surface area contributed by atoms with Gasteiger partial charge in [0.05, 0.1) is 19.3 Å². The molecule has 1 heterocycles. The van der Waals surface area contributed by atoms with Gasteiger partial charge in [-0.2, -0.15) is 0 Å². The maximum Gasteiger partial charge on any atom is 0.322 e. The summed E-state index contributed by atoms with van der Waals surface area (Å²) in [5, 5.41) is 2.74. The summed E-state index contributed by atoms with van der Waals surface area (Å²) in [4.78, 5) is 37.2. The van der Waals surface area contributed by atoms with Crippen molar-refractivity contribution in [1.82, 2.24) is 0 Å². The van der Waals surface area contributed by atoms with E-state index in [1.165, 1.54) is 14.0 Å². The number of amides is 1. The van der Waals surface area contributed by atoms with Crippen molar-refractivity contribution in [2.75, 3.05) is 12.4 Å². The van der Waals surface area contributed by atoms with Gasteiger partial charge in [-0.1, -0.05) is 49.0 Å². The van der Waals surface area contributed by atoms with Gasteiger partial charge in [-0.15, -0.1) is 0 Å². The Balaban J connectivity index is 1.75. The van der Waals surface area contributed by atoms with E-state index in [-0.39, 0.29) is 11.7 Å². The normalized spacial score (nSPS) is 22.6. The van der Waals surface area contributed by atoms with Crippen molar-refractivity contribution in [1.29, 1.82) is 0 Å². The maximum atomic E-state index is 13.3. The number of anilines is 1. The van der Waals surface area contributed by atoms with Gasteiger partial charge in [0.1, 0.15) is 0 Å². The van der Waals surface area contributed by atoms with Crippen LogP contribution >= 0.6 is 0 Å². The van der Waals surface area contributed by atoms with Gasteiger partial charge in [-0.05, 0) is 55.9 Å². The molecule has 6 nitrogen and oxygen atoms in total. The monoisotopic (exact) mass is 449 g/mol. The molecule has 0 radical (unpaired) electrons. The highest BCUT2D eigenvalue weighted by Crippen LogP contribution is 2.40. The third-order valence-electron chi connectivity index (χ3n) is 6.24. The number of carbonyl (C=O) groups excluding carboxylic acids is 3. The Hall–Kier alpha value is -3.25. The van der Waals surface area contributed by atoms with E-state index in [0.29, 0.717) is 30.5 Å². The van der Waals surface area contributed by atoms with Gasteiger partial charge in [0.25, 0.3) is 0 Å². The van der Waals surface area contributed by atoms with Crippen LogP contribution in [0, 0.1) is 5.41 Å². The van der Waals surface area contributed by atoms with Gasteiger partial charge in [-0.3, -0.25) is 14.4 Å². The number of hydrogen-bond acceptors (Lipinski definition) is 5. The minimum absolute atomic E-state index is 0.132. The van der Waals surface area contributed by atoms with E-state index in [9.17, 15) is 14.4 Å². The molecule has 1 aliphatic heterocycles. The van der Waals surface area contributed by atoms with Crippen LogP contribution in [0.3, 0.4) is 0 Å². The zero-order valence-electron chi connectivity index (χ0n) is 19.4. The highest BCUT2D eigenvalue weighted by atomic mass is 16.5. The lowest BCUT2D eigenvalue weighted by Gasteiger charge is -2.42. The minimum Gasteiger partial charge on any atom is -0.468 e. The Morgan fingerprint density at radius 3 is 2.24 bits per heavy atom. The number of Topliss-reactive ketones (excluding diaryl/α,β-unsaturated/α-hetero) is 1. The van der Waals surface area contributed by atoms with E-state index < -0.39 is 23.6 Å². The molecule has 1 amide bonds. The van der Waals surface area contributed by atoms with Crippen LogP contribution in [0.5, 0.6) is 0 Å². The summed E-state index contributed by atoms with van der Waals surface area (Å²) in [7, 11) is 1.28. The summed E-state index contributed by atoms with van der Waals surface area (Å²) in [5.41, 5.74) is 1.75. The molecule has 2 aromatic rings.